The summed E-state index contributed by atoms with van der Waals surface area (Å²) in [5.41, 5.74) is 1.06. The number of pyridine rings is 1. The molecule has 1 aliphatic rings. The summed E-state index contributed by atoms with van der Waals surface area (Å²) < 4.78 is 39.8. The highest BCUT2D eigenvalue weighted by Crippen LogP contribution is 2.39. The Hall–Kier alpha value is -2.12. The topological polar surface area (TPSA) is 53.4 Å². The van der Waals surface area contributed by atoms with Gasteiger partial charge in [0.25, 0.3) is 0 Å². The summed E-state index contributed by atoms with van der Waals surface area (Å²) in [4.78, 5) is 17.6. The number of aromatic nitrogens is 1. The predicted molar refractivity (Wildman–Crippen MR) is 99.2 cm³/mol. The Balaban J connectivity index is 2.03. The van der Waals surface area contributed by atoms with Crippen LogP contribution in [0.25, 0.3) is 0 Å². The average molecular weight is 413 g/mol. The summed E-state index contributed by atoms with van der Waals surface area (Å²) in [7, 11) is 0. The molecule has 150 valence electrons. The maximum atomic E-state index is 13.3. The largest absolute Gasteiger partial charge is 0.481 e. The molecule has 8 heteroatoms. The van der Waals surface area contributed by atoms with E-state index >= 15 is 0 Å². The van der Waals surface area contributed by atoms with Gasteiger partial charge in [-0.15, -0.1) is 0 Å². The molecule has 4 nitrogen and oxygen atoms in total. The molecule has 0 bridgehead atoms. The number of halogens is 4. The molecule has 1 N–H and O–H groups in total. The number of hydrogen-bond acceptors (Lipinski definition) is 3. The Bertz CT molecular complexity index is 848. The third-order valence-electron chi connectivity index (χ3n) is 5.08. The lowest BCUT2D eigenvalue weighted by atomic mass is 9.92. The third kappa shape index (κ3) is 4.47. The molecule has 1 atom stereocenters. The van der Waals surface area contributed by atoms with Crippen LogP contribution in [0, 0.1) is 12.8 Å². The van der Waals surface area contributed by atoms with E-state index in [2.05, 4.69) is 4.98 Å². The first-order valence-corrected chi connectivity index (χ1v) is 9.30. The van der Waals surface area contributed by atoms with E-state index in [-0.39, 0.29) is 5.02 Å². The molecule has 28 heavy (non-hydrogen) atoms. The van der Waals surface area contributed by atoms with Gasteiger partial charge < -0.3 is 5.11 Å². The van der Waals surface area contributed by atoms with Gasteiger partial charge in [0.15, 0.2) is 0 Å². The van der Waals surface area contributed by atoms with Crippen LogP contribution in [-0.2, 0) is 11.0 Å². The van der Waals surface area contributed by atoms with E-state index in [1.165, 1.54) is 6.07 Å². The summed E-state index contributed by atoms with van der Waals surface area (Å²) in [5.74, 6) is -1.29. The number of aryl methyl sites for hydroxylation is 1. The number of carboxylic acids is 1. The zero-order valence-electron chi connectivity index (χ0n) is 15.2. The molecule has 1 aromatic heterocycles. The van der Waals surface area contributed by atoms with Crippen LogP contribution in [0.2, 0.25) is 5.02 Å². The van der Waals surface area contributed by atoms with Gasteiger partial charge in [0.1, 0.15) is 0 Å². The Kier molecular flexibility index (Phi) is 5.95. The number of benzene rings is 1. The lowest BCUT2D eigenvalue weighted by Crippen LogP contribution is -2.39. The van der Waals surface area contributed by atoms with Crippen molar-refractivity contribution >= 4 is 17.6 Å². The number of piperidine rings is 1. The van der Waals surface area contributed by atoms with Gasteiger partial charge in [-0.25, -0.2) is 0 Å². The number of hydrogen-bond donors (Lipinski definition) is 1. The summed E-state index contributed by atoms with van der Waals surface area (Å²) in [6.07, 6.45) is -1.97. The van der Waals surface area contributed by atoms with Crippen LogP contribution in [0.4, 0.5) is 13.2 Å². The summed E-state index contributed by atoms with van der Waals surface area (Å²) in [5, 5.41) is 9.44. The molecule has 0 spiro atoms. The van der Waals surface area contributed by atoms with Gasteiger partial charge in [0, 0.05) is 11.2 Å². The van der Waals surface area contributed by atoms with Crippen LogP contribution in [0.15, 0.2) is 36.5 Å². The van der Waals surface area contributed by atoms with Gasteiger partial charge in [0.2, 0.25) is 0 Å². The van der Waals surface area contributed by atoms with Gasteiger partial charge in [-0.1, -0.05) is 17.7 Å². The molecular formula is C20H20ClF3N2O2. The van der Waals surface area contributed by atoms with Crippen LogP contribution in [0.3, 0.4) is 0 Å². The molecule has 1 saturated heterocycles. The van der Waals surface area contributed by atoms with Crippen molar-refractivity contribution in [3.05, 3.63) is 63.9 Å². The van der Waals surface area contributed by atoms with Crippen molar-refractivity contribution in [3.8, 4) is 0 Å². The molecule has 1 unspecified atom stereocenters. The second kappa shape index (κ2) is 8.09. The molecule has 2 heterocycles. The highest BCUT2D eigenvalue weighted by Gasteiger charge is 2.35. The Morgan fingerprint density at radius 2 is 1.93 bits per heavy atom. The van der Waals surface area contributed by atoms with E-state index in [0.717, 1.165) is 17.7 Å². The van der Waals surface area contributed by atoms with Crippen molar-refractivity contribution in [2.45, 2.75) is 32.0 Å². The SMILES string of the molecule is Cc1ccc(C(c2cc(C(F)(F)F)ccc2Cl)N2CCC(C(=O)O)CC2)nc1. The van der Waals surface area contributed by atoms with Gasteiger partial charge in [0.05, 0.1) is 23.2 Å². The highest BCUT2D eigenvalue weighted by atomic mass is 35.5. The second-order valence-electron chi connectivity index (χ2n) is 7.05. The minimum absolute atomic E-state index is 0.223. The first-order chi connectivity index (χ1) is 13.2. The van der Waals surface area contributed by atoms with Crippen molar-refractivity contribution in [2.75, 3.05) is 13.1 Å². The summed E-state index contributed by atoms with van der Waals surface area (Å²) >= 11 is 6.30. The van der Waals surface area contributed by atoms with Crippen molar-refractivity contribution in [1.29, 1.82) is 0 Å². The van der Waals surface area contributed by atoms with Gasteiger partial charge in [-0.3, -0.25) is 14.7 Å². The third-order valence-corrected chi connectivity index (χ3v) is 5.42. The minimum Gasteiger partial charge on any atom is -0.481 e. The predicted octanol–water partition coefficient (Wildman–Crippen LogP) is 4.95. The zero-order valence-corrected chi connectivity index (χ0v) is 16.0. The molecule has 0 radical (unpaired) electrons. The van der Waals surface area contributed by atoms with E-state index in [0.29, 0.717) is 37.2 Å². The average Bonchev–Trinajstić information content (AvgIpc) is 2.64. The smallest absolute Gasteiger partial charge is 0.416 e. The van der Waals surface area contributed by atoms with Gasteiger partial charge in [-0.05, 0) is 68.2 Å². The standard InChI is InChI=1S/C20H20ClF3N2O2/c1-12-2-5-17(25-11-12)18(26-8-6-13(7-9-26)19(27)28)15-10-14(20(22,23)24)3-4-16(15)21/h2-5,10-11,13,18H,6-9H2,1H3,(H,27,28). The fourth-order valence-corrected chi connectivity index (χ4v) is 3.74. The number of alkyl halides is 3. The van der Waals surface area contributed by atoms with Crippen LogP contribution >= 0.6 is 11.6 Å². The van der Waals surface area contributed by atoms with Crippen LogP contribution in [0.1, 0.15) is 41.3 Å². The minimum atomic E-state index is -4.49. The molecule has 1 fully saturated rings. The molecule has 0 aliphatic carbocycles. The first kappa shape index (κ1) is 20.6. The van der Waals surface area contributed by atoms with Crippen LogP contribution in [0.5, 0.6) is 0 Å². The van der Waals surface area contributed by atoms with E-state index in [4.69, 9.17) is 11.6 Å². The van der Waals surface area contributed by atoms with E-state index in [9.17, 15) is 23.1 Å². The van der Waals surface area contributed by atoms with Crippen LogP contribution < -0.4 is 0 Å². The first-order valence-electron chi connectivity index (χ1n) is 8.93. The molecule has 3 rings (SSSR count). The number of nitrogens with zero attached hydrogens (tertiary/aromatic N) is 2. The maximum Gasteiger partial charge on any atom is 0.416 e. The van der Waals surface area contributed by atoms with Crippen LogP contribution in [-0.4, -0.2) is 34.0 Å². The van der Waals surface area contributed by atoms with Crippen molar-refractivity contribution in [3.63, 3.8) is 0 Å². The maximum absolute atomic E-state index is 13.3. The monoisotopic (exact) mass is 412 g/mol. The zero-order chi connectivity index (χ0) is 20.5. The number of aliphatic carboxylic acids is 1. The molecule has 0 saturated carbocycles. The van der Waals surface area contributed by atoms with Crippen molar-refractivity contribution < 1.29 is 23.1 Å². The Morgan fingerprint density at radius 3 is 2.46 bits per heavy atom. The fraction of sp³-hybridized carbons (Fsp3) is 0.400. The quantitative estimate of drug-likeness (QED) is 0.772. The van der Waals surface area contributed by atoms with E-state index in [1.54, 1.807) is 12.3 Å². The molecule has 1 aromatic carbocycles. The number of likely N-dealkylation sites (tertiary alicyclic amines) is 1. The molecular weight excluding hydrogens is 393 g/mol. The lowest BCUT2D eigenvalue weighted by molar-refractivity contribution is -0.143. The van der Waals surface area contributed by atoms with E-state index in [1.807, 2.05) is 17.9 Å². The summed E-state index contributed by atoms with van der Waals surface area (Å²) in [6, 6.07) is 6.33. The molecule has 1 aliphatic heterocycles. The van der Waals surface area contributed by atoms with Crippen molar-refractivity contribution in [1.82, 2.24) is 9.88 Å². The van der Waals surface area contributed by atoms with E-state index < -0.39 is 29.7 Å². The number of carboxylic acid groups (broad SMARTS) is 1. The molecule has 0 amide bonds. The van der Waals surface area contributed by atoms with Crippen molar-refractivity contribution in [2.24, 2.45) is 5.92 Å². The van der Waals surface area contributed by atoms with Gasteiger partial charge >= 0.3 is 12.1 Å². The Morgan fingerprint density at radius 1 is 1.25 bits per heavy atom. The number of carbonyl (C=O) groups is 1. The number of rotatable bonds is 4. The summed E-state index contributed by atoms with van der Waals surface area (Å²) in [6.45, 7) is 2.74. The Labute approximate surface area is 166 Å². The van der Waals surface area contributed by atoms with Gasteiger partial charge in [-0.2, -0.15) is 13.2 Å². The highest BCUT2D eigenvalue weighted by molar-refractivity contribution is 6.31. The fourth-order valence-electron chi connectivity index (χ4n) is 3.52. The second-order valence-corrected chi connectivity index (χ2v) is 7.45. The lowest BCUT2D eigenvalue weighted by Gasteiger charge is -2.37. The molecule has 2 aromatic rings. The normalized spacial score (nSPS) is 17.5.